The SMILES string of the molecule is C=C(/C=C\C(C)c1cc(-c2cc(Cl)cc(Cl)c2)nn1C(C)c1ccc(C(=O)NCCC(=O)O)s1)OC(F)(F)F. The lowest BCUT2D eigenvalue weighted by Crippen LogP contribution is -2.25. The van der Waals surface area contributed by atoms with E-state index >= 15 is 0 Å². The molecule has 208 valence electrons. The average molecular weight is 602 g/mol. The van der Waals surface area contributed by atoms with Crippen LogP contribution in [0.2, 0.25) is 10.0 Å². The van der Waals surface area contributed by atoms with Crippen LogP contribution in [0.4, 0.5) is 13.2 Å². The van der Waals surface area contributed by atoms with E-state index in [1.54, 1.807) is 48.0 Å². The van der Waals surface area contributed by atoms with E-state index in [9.17, 15) is 22.8 Å². The summed E-state index contributed by atoms with van der Waals surface area (Å²) in [6.07, 6.45) is -2.39. The molecule has 0 saturated heterocycles. The maximum absolute atomic E-state index is 12.5. The van der Waals surface area contributed by atoms with Crippen molar-refractivity contribution in [3.05, 3.63) is 86.4 Å². The number of hydrogen-bond acceptors (Lipinski definition) is 5. The predicted molar refractivity (Wildman–Crippen MR) is 144 cm³/mol. The molecule has 0 fully saturated rings. The average Bonchev–Trinajstić information content (AvgIpc) is 3.48. The van der Waals surface area contributed by atoms with Gasteiger partial charge in [0.2, 0.25) is 0 Å². The Morgan fingerprint density at radius 2 is 1.87 bits per heavy atom. The van der Waals surface area contributed by atoms with Crippen LogP contribution in [0.15, 0.2) is 60.9 Å². The van der Waals surface area contributed by atoms with Gasteiger partial charge in [-0.3, -0.25) is 14.3 Å². The number of allylic oxidation sites excluding steroid dienone is 2. The van der Waals surface area contributed by atoms with Gasteiger partial charge in [-0.1, -0.05) is 42.8 Å². The van der Waals surface area contributed by atoms with E-state index in [2.05, 4.69) is 16.6 Å². The number of aliphatic carboxylic acids is 1. The van der Waals surface area contributed by atoms with Crippen LogP contribution in [0.25, 0.3) is 11.3 Å². The Kier molecular flexibility index (Phi) is 9.87. The fourth-order valence-corrected chi connectivity index (χ4v) is 5.11. The summed E-state index contributed by atoms with van der Waals surface area (Å²) in [6, 6.07) is 9.78. The fraction of sp³-hybridized carbons (Fsp3) is 0.269. The van der Waals surface area contributed by atoms with Gasteiger partial charge in [0.1, 0.15) is 5.76 Å². The van der Waals surface area contributed by atoms with Crippen LogP contribution in [0.5, 0.6) is 0 Å². The molecule has 0 bridgehead atoms. The molecule has 1 amide bonds. The van der Waals surface area contributed by atoms with Crippen molar-refractivity contribution in [2.45, 2.75) is 38.6 Å². The monoisotopic (exact) mass is 601 g/mol. The molecule has 0 saturated carbocycles. The van der Waals surface area contributed by atoms with Gasteiger partial charge in [0.25, 0.3) is 5.91 Å². The molecule has 2 N–H and O–H groups in total. The first-order valence-electron chi connectivity index (χ1n) is 11.5. The van der Waals surface area contributed by atoms with E-state index in [1.165, 1.54) is 17.4 Å². The summed E-state index contributed by atoms with van der Waals surface area (Å²) >= 11 is 13.6. The van der Waals surface area contributed by atoms with Gasteiger partial charge in [0.05, 0.1) is 23.0 Å². The maximum atomic E-state index is 12.5. The molecule has 0 aliphatic heterocycles. The standard InChI is InChI=1S/C26H24Cl2F3N3O4S/c1-14(4-5-15(2)38-26(29,30)31)21-13-20(17-10-18(27)12-19(28)11-17)33-34(21)16(3)22-6-7-23(39-22)25(37)32-9-8-24(35)36/h4-7,10-14,16H,2,8-9H2,1,3H3,(H,32,37)(H,35,36)/b5-4-. The molecule has 1 aromatic carbocycles. The zero-order valence-electron chi connectivity index (χ0n) is 20.8. The number of aromatic nitrogens is 2. The number of hydrogen-bond donors (Lipinski definition) is 2. The smallest absolute Gasteiger partial charge is 0.481 e. The molecule has 3 rings (SSSR count). The van der Waals surface area contributed by atoms with Crippen LogP contribution in [-0.2, 0) is 9.53 Å². The van der Waals surface area contributed by atoms with Gasteiger partial charge in [-0.15, -0.1) is 24.5 Å². The van der Waals surface area contributed by atoms with E-state index in [-0.39, 0.29) is 19.0 Å². The highest BCUT2D eigenvalue weighted by Crippen LogP contribution is 2.34. The molecule has 13 heteroatoms. The summed E-state index contributed by atoms with van der Waals surface area (Å²) in [5.74, 6) is -2.40. The Bertz CT molecular complexity index is 1380. The van der Waals surface area contributed by atoms with Crippen molar-refractivity contribution in [3.63, 3.8) is 0 Å². The van der Waals surface area contributed by atoms with Crippen molar-refractivity contribution in [2.24, 2.45) is 0 Å². The number of amides is 1. The summed E-state index contributed by atoms with van der Waals surface area (Å²) in [5, 5.41) is 16.9. The number of halogens is 5. The Morgan fingerprint density at radius 1 is 1.21 bits per heavy atom. The van der Waals surface area contributed by atoms with Gasteiger partial charge in [0, 0.05) is 38.6 Å². The number of alkyl halides is 3. The number of carboxylic acids is 1. The first-order valence-corrected chi connectivity index (χ1v) is 13.1. The summed E-state index contributed by atoms with van der Waals surface area (Å²) in [4.78, 5) is 24.3. The van der Waals surface area contributed by atoms with E-state index in [0.29, 0.717) is 31.9 Å². The molecule has 2 aromatic heterocycles. The van der Waals surface area contributed by atoms with Crippen LogP contribution in [-0.4, -0.2) is 39.7 Å². The number of benzene rings is 1. The molecule has 0 spiro atoms. The number of nitrogens with one attached hydrogen (secondary N) is 1. The van der Waals surface area contributed by atoms with E-state index < -0.39 is 29.9 Å². The minimum atomic E-state index is -4.85. The van der Waals surface area contributed by atoms with Gasteiger partial charge in [-0.2, -0.15) is 5.10 Å². The Hall–Kier alpha value is -3.28. The van der Waals surface area contributed by atoms with Gasteiger partial charge < -0.3 is 15.2 Å². The third-order valence-corrected chi connectivity index (χ3v) is 7.15. The molecule has 7 nitrogen and oxygen atoms in total. The van der Waals surface area contributed by atoms with Gasteiger partial charge >= 0.3 is 12.3 Å². The van der Waals surface area contributed by atoms with E-state index in [1.807, 2.05) is 6.92 Å². The van der Waals surface area contributed by atoms with Crippen molar-refractivity contribution < 1.29 is 32.6 Å². The number of carboxylic acid groups (broad SMARTS) is 1. The second-order valence-corrected chi connectivity index (χ2v) is 10.5. The first-order chi connectivity index (χ1) is 18.2. The van der Waals surface area contributed by atoms with Crippen molar-refractivity contribution in [3.8, 4) is 11.3 Å². The van der Waals surface area contributed by atoms with Crippen molar-refractivity contribution >= 4 is 46.4 Å². The Labute approximate surface area is 236 Å². The number of rotatable bonds is 11. The summed E-state index contributed by atoms with van der Waals surface area (Å²) < 4.78 is 43.1. The Morgan fingerprint density at radius 3 is 2.49 bits per heavy atom. The number of carbonyl (C=O) groups is 2. The minimum absolute atomic E-state index is 0.000985. The number of ether oxygens (including phenoxy) is 1. The lowest BCUT2D eigenvalue weighted by molar-refractivity contribution is -0.303. The van der Waals surface area contributed by atoms with E-state index in [0.717, 1.165) is 11.0 Å². The predicted octanol–water partition coefficient (Wildman–Crippen LogP) is 7.44. The highest BCUT2D eigenvalue weighted by molar-refractivity contribution is 7.14. The van der Waals surface area contributed by atoms with Crippen LogP contribution >= 0.6 is 34.5 Å². The molecule has 3 aromatic rings. The van der Waals surface area contributed by atoms with Crippen molar-refractivity contribution in [1.29, 1.82) is 0 Å². The van der Waals surface area contributed by atoms with Crippen LogP contribution in [0.3, 0.4) is 0 Å². The summed E-state index contributed by atoms with van der Waals surface area (Å²) in [7, 11) is 0. The third-order valence-electron chi connectivity index (χ3n) is 5.46. The number of thiophene rings is 1. The molecule has 0 aliphatic carbocycles. The molecule has 0 radical (unpaired) electrons. The van der Waals surface area contributed by atoms with Crippen LogP contribution in [0.1, 0.15) is 52.5 Å². The normalized spacial score (nSPS) is 13.3. The molecular formula is C26H24Cl2F3N3O4S. The third kappa shape index (κ3) is 8.61. The van der Waals surface area contributed by atoms with Crippen LogP contribution in [0, 0.1) is 0 Å². The van der Waals surface area contributed by atoms with Crippen LogP contribution < -0.4 is 5.32 Å². The second-order valence-electron chi connectivity index (χ2n) is 8.50. The first kappa shape index (κ1) is 30.3. The van der Waals surface area contributed by atoms with Crippen molar-refractivity contribution in [1.82, 2.24) is 15.1 Å². The Balaban J connectivity index is 1.94. The molecular weight excluding hydrogens is 578 g/mol. The van der Waals surface area contributed by atoms with Gasteiger partial charge in [-0.05, 0) is 49.4 Å². The largest absolute Gasteiger partial charge is 0.573 e. The quantitative estimate of drug-likeness (QED) is 0.176. The maximum Gasteiger partial charge on any atom is 0.573 e. The summed E-state index contributed by atoms with van der Waals surface area (Å²) in [5.41, 5.74) is 1.84. The van der Waals surface area contributed by atoms with Crippen molar-refractivity contribution in [2.75, 3.05) is 6.54 Å². The number of nitrogens with zero attached hydrogens (tertiary/aromatic N) is 2. The fourth-order valence-electron chi connectivity index (χ4n) is 3.62. The number of carbonyl (C=O) groups excluding carboxylic acids is 1. The topological polar surface area (TPSA) is 93.5 Å². The highest BCUT2D eigenvalue weighted by atomic mass is 35.5. The second kappa shape index (κ2) is 12.7. The molecule has 0 aliphatic rings. The molecule has 2 unspecified atom stereocenters. The molecule has 39 heavy (non-hydrogen) atoms. The summed E-state index contributed by atoms with van der Waals surface area (Å²) in [6.45, 7) is 6.93. The molecule has 2 heterocycles. The van der Waals surface area contributed by atoms with E-state index in [4.69, 9.17) is 33.4 Å². The zero-order chi connectivity index (χ0) is 28.9. The zero-order valence-corrected chi connectivity index (χ0v) is 23.1. The lowest BCUT2D eigenvalue weighted by atomic mass is 10.0. The lowest BCUT2D eigenvalue weighted by Gasteiger charge is -2.17. The van der Waals surface area contributed by atoms with Gasteiger partial charge in [-0.25, -0.2) is 0 Å². The molecule has 2 atom stereocenters. The minimum Gasteiger partial charge on any atom is -0.481 e. The highest BCUT2D eigenvalue weighted by Gasteiger charge is 2.31. The van der Waals surface area contributed by atoms with Gasteiger partial charge in [0.15, 0.2) is 0 Å².